The maximum Gasteiger partial charge on any atom is 0.308 e. The van der Waals surface area contributed by atoms with E-state index in [-0.39, 0.29) is 23.3 Å². The quantitative estimate of drug-likeness (QED) is 0.829. The minimum absolute atomic E-state index is 0.0140. The Morgan fingerprint density at radius 3 is 2.22 bits per heavy atom. The maximum absolute atomic E-state index is 12.5. The van der Waals surface area contributed by atoms with Gasteiger partial charge in [0.2, 0.25) is 10.0 Å². The van der Waals surface area contributed by atoms with Crippen LogP contribution in [-0.4, -0.2) is 43.4 Å². The third kappa shape index (κ3) is 3.23. The van der Waals surface area contributed by atoms with Crippen LogP contribution in [0, 0.1) is 17.8 Å². The van der Waals surface area contributed by atoms with Crippen LogP contribution < -0.4 is 5.14 Å². The number of primary sulfonamides is 1. The molecule has 3 rings (SSSR count). The summed E-state index contributed by atoms with van der Waals surface area (Å²) in [6.07, 6.45) is 2.05. The molecule has 124 valence electrons. The summed E-state index contributed by atoms with van der Waals surface area (Å²) in [6.45, 7) is 0.643. The fourth-order valence-corrected chi connectivity index (χ4v) is 3.74. The first-order valence-corrected chi connectivity index (χ1v) is 8.97. The number of carboxylic acid groups (broad SMARTS) is 1. The molecular weight excluding hydrogens is 320 g/mol. The number of carboxylic acids is 1. The Hall–Kier alpha value is -1.93. The third-order valence-electron chi connectivity index (χ3n) is 4.63. The Balaban J connectivity index is 1.77. The Kier molecular flexibility index (Phi) is 3.89. The van der Waals surface area contributed by atoms with Crippen LogP contribution in [0.15, 0.2) is 29.2 Å². The monoisotopic (exact) mass is 338 g/mol. The number of carbonyl (C=O) groups is 2. The van der Waals surface area contributed by atoms with Crippen LogP contribution >= 0.6 is 0 Å². The van der Waals surface area contributed by atoms with E-state index < -0.39 is 21.9 Å². The lowest BCUT2D eigenvalue weighted by Gasteiger charge is -2.16. The van der Waals surface area contributed by atoms with Gasteiger partial charge < -0.3 is 10.0 Å². The van der Waals surface area contributed by atoms with Crippen molar-refractivity contribution in [2.75, 3.05) is 13.1 Å². The molecule has 2 atom stereocenters. The molecule has 8 heteroatoms. The van der Waals surface area contributed by atoms with E-state index in [1.165, 1.54) is 24.3 Å². The van der Waals surface area contributed by atoms with Crippen LogP contribution in [0.1, 0.15) is 23.2 Å². The highest BCUT2D eigenvalue weighted by atomic mass is 32.2. The minimum Gasteiger partial charge on any atom is -0.481 e. The maximum atomic E-state index is 12.5. The number of nitrogens with two attached hydrogens (primary N) is 1. The van der Waals surface area contributed by atoms with Crippen molar-refractivity contribution in [3.63, 3.8) is 0 Å². The molecule has 2 aliphatic rings. The molecule has 1 saturated carbocycles. The molecule has 0 bridgehead atoms. The summed E-state index contributed by atoms with van der Waals surface area (Å²) in [6, 6.07) is 5.38. The zero-order valence-corrected chi connectivity index (χ0v) is 13.2. The van der Waals surface area contributed by atoms with Crippen molar-refractivity contribution in [1.82, 2.24) is 4.90 Å². The van der Waals surface area contributed by atoms with Gasteiger partial charge in [-0.15, -0.1) is 0 Å². The Morgan fingerprint density at radius 1 is 1.13 bits per heavy atom. The molecule has 1 aromatic rings. The predicted molar refractivity (Wildman–Crippen MR) is 81.1 cm³/mol. The van der Waals surface area contributed by atoms with Crippen LogP contribution in [0.3, 0.4) is 0 Å². The number of hydrogen-bond acceptors (Lipinski definition) is 4. The van der Waals surface area contributed by atoms with Gasteiger partial charge in [0.05, 0.1) is 10.8 Å². The zero-order valence-electron chi connectivity index (χ0n) is 12.4. The lowest BCUT2D eigenvalue weighted by molar-refractivity contribution is -0.142. The number of hydrogen-bond donors (Lipinski definition) is 2. The first-order chi connectivity index (χ1) is 10.8. The van der Waals surface area contributed by atoms with E-state index in [2.05, 4.69) is 0 Å². The summed E-state index contributed by atoms with van der Waals surface area (Å²) in [5.74, 6) is -1.24. The summed E-state index contributed by atoms with van der Waals surface area (Å²) in [4.78, 5) is 25.4. The van der Waals surface area contributed by atoms with E-state index in [1.807, 2.05) is 0 Å². The highest BCUT2D eigenvalue weighted by Crippen LogP contribution is 2.44. The molecule has 0 unspecified atom stereocenters. The fourth-order valence-electron chi connectivity index (χ4n) is 3.23. The third-order valence-corrected chi connectivity index (χ3v) is 5.56. The van der Waals surface area contributed by atoms with Crippen LogP contribution in [0.5, 0.6) is 0 Å². The van der Waals surface area contributed by atoms with E-state index in [4.69, 9.17) is 5.14 Å². The lowest BCUT2D eigenvalue weighted by atomic mass is 9.92. The van der Waals surface area contributed by atoms with Gasteiger partial charge in [-0.25, -0.2) is 13.6 Å². The van der Waals surface area contributed by atoms with E-state index in [1.54, 1.807) is 4.90 Å². The molecule has 23 heavy (non-hydrogen) atoms. The summed E-state index contributed by atoms with van der Waals surface area (Å²) in [5, 5.41) is 14.4. The van der Waals surface area contributed by atoms with Crippen LogP contribution in [0.25, 0.3) is 0 Å². The molecule has 1 saturated heterocycles. The van der Waals surface area contributed by atoms with Gasteiger partial charge in [-0.3, -0.25) is 9.59 Å². The molecule has 7 nitrogen and oxygen atoms in total. The van der Waals surface area contributed by atoms with Crippen LogP contribution in [-0.2, 0) is 14.8 Å². The zero-order chi connectivity index (χ0) is 16.8. The van der Waals surface area contributed by atoms with Crippen molar-refractivity contribution < 1.29 is 23.1 Å². The normalized spacial score (nSPS) is 24.7. The number of amides is 1. The molecule has 2 fully saturated rings. The lowest BCUT2D eigenvalue weighted by Crippen LogP contribution is -2.30. The summed E-state index contributed by atoms with van der Waals surface area (Å²) in [7, 11) is -3.80. The largest absolute Gasteiger partial charge is 0.481 e. The van der Waals surface area contributed by atoms with Gasteiger partial charge in [0.25, 0.3) is 5.91 Å². The number of rotatable bonds is 4. The summed E-state index contributed by atoms with van der Waals surface area (Å²) < 4.78 is 22.5. The first-order valence-electron chi connectivity index (χ1n) is 7.42. The van der Waals surface area contributed by atoms with Crippen molar-refractivity contribution in [3.05, 3.63) is 29.8 Å². The van der Waals surface area contributed by atoms with Crippen LogP contribution in [0.2, 0.25) is 0 Å². The van der Waals surface area contributed by atoms with E-state index in [9.17, 15) is 23.1 Å². The van der Waals surface area contributed by atoms with Gasteiger partial charge >= 0.3 is 5.97 Å². The molecule has 1 aliphatic heterocycles. The van der Waals surface area contributed by atoms with E-state index in [0.717, 1.165) is 12.8 Å². The predicted octanol–water partition coefficient (Wildman–Crippen LogP) is 0.517. The summed E-state index contributed by atoms with van der Waals surface area (Å²) >= 11 is 0. The van der Waals surface area contributed by atoms with Gasteiger partial charge in [-0.05, 0) is 48.9 Å². The number of benzene rings is 1. The van der Waals surface area contributed by atoms with Crippen molar-refractivity contribution in [3.8, 4) is 0 Å². The highest BCUT2D eigenvalue weighted by molar-refractivity contribution is 7.89. The molecule has 0 spiro atoms. The minimum atomic E-state index is -3.80. The summed E-state index contributed by atoms with van der Waals surface area (Å²) in [5.41, 5.74) is 0.331. The first kappa shape index (κ1) is 15.9. The number of aliphatic carboxylic acids is 1. The molecule has 1 aliphatic carbocycles. The molecule has 1 aromatic carbocycles. The Morgan fingerprint density at radius 2 is 1.74 bits per heavy atom. The Bertz CT molecular complexity index is 740. The smallest absolute Gasteiger partial charge is 0.308 e. The second-order valence-electron chi connectivity index (χ2n) is 6.23. The van der Waals surface area contributed by atoms with Crippen molar-refractivity contribution >= 4 is 21.9 Å². The number of sulfonamides is 1. The SMILES string of the molecule is NS(=O)(=O)c1ccc(C(=O)N2C[C@@H](C(=O)O)[C@H](C3CC3)C2)cc1. The van der Waals surface area contributed by atoms with Crippen molar-refractivity contribution in [2.45, 2.75) is 17.7 Å². The molecule has 1 heterocycles. The average molecular weight is 338 g/mol. The fraction of sp³-hybridized carbons (Fsp3) is 0.467. The topological polar surface area (TPSA) is 118 Å². The van der Waals surface area contributed by atoms with E-state index in [0.29, 0.717) is 18.0 Å². The molecule has 1 amide bonds. The number of carbonyl (C=O) groups excluding carboxylic acids is 1. The standard InChI is InChI=1S/C15H18N2O5S/c16-23(21,22)11-5-3-10(4-6-11)14(18)17-7-12(9-1-2-9)13(8-17)15(19)20/h3-6,9,12-13H,1-2,7-8H2,(H,19,20)(H2,16,21,22)/t12-,13+/m0/s1. The molecule has 0 radical (unpaired) electrons. The number of nitrogens with zero attached hydrogens (tertiary/aromatic N) is 1. The second-order valence-corrected chi connectivity index (χ2v) is 7.79. The van der Waals surface area contributed by atoms with Crippen molar-refractivity contribution in [2.24, 2.45) is 22.9 Å². The second kappa shape index (κ2) is 5.61. The highest BCUT2D eigenvalue weighted by Gasteiger charge is 2.46. The van der Waals surface area contributed by atoms with Gasteiger partial charge in [0.15, 0.2) is 0 Å². The van der Waals surface area contributed by atoms with Crippen LogP contribution in [0.4, 0.5) is 0 Å². The molecular formula is C15H18N2O5S. The van der Waals surface area contributed by atoms with E-state index >= 15 is 0 Å². The van der Waals surface area contributed by atoms with Gasteiger partial charge in [0.1, 0.15) is 0 Å². The van der Waals surface area contributed by atoms with Gasteiger partial charge in [0, 0.05) is 18.7 Å². The van der Waals surface area contributed by atoms with Crippen molar-refractivity contribution in [1.29, 1.82) is 0 Å². The Labute approximate surface area is 134 Å². The van der Waals surface area contributed by atoms with Gasteiger partial charge in [-0.2, -0.15) is 0 Å². The number of likely N-dealkylation sites (tertiary alicyclic amines) is 1. The average Bonchev–Trinajstić information content (AvgIpc) is 3.24. The van der Waals surface area contributed by atoms with Gasteiger partial charge in [-0.1, -0.05) is 0 Å². The molecule has 3 N–H and O–H groups in total. The molecule has 0 aromatic heterocycles.